The second kappa shape index (κ2) is 11.6. The fourth-order valence-electron chi connectivity index (χ4n) is 4.68. The van der Waals surface area contributed by atoms with Crippen molar-refractivity contribution in [3.05, 3.63) is 59.4 Å². The van der Waals surface area contributed by atoms with E-state index >= 15 is 0 Å². The molecule has 2 aromatic heterocycles. The first-order valence-electron chi connectivity index (χ1n) is 11.7. The number of likely N-dealkylation sites (tertiary alicyclic amines) is 1. The van der Waals surface area contributed by atoms with Gasteiger partial charge in [0, 0.05) is 35.6 Å². The number of carbonyl (C=O) groups is 1. The molecule has 1 saturated heterocycles. The lowest BCUT2D eigenvalue weighted by Crippen LogP contribution is -2.45. The molecular formula is C26H30ClN3O4S. The maximum Gasteiger partial charge on any atom is 0.309 e. The molecule has 3 heterocycles. The van der Waals surface area contributed by atoms with Gasteiger partial charge in [-0.05, 0) is 69.1 Å². The number of rotatable bonds is 10. The summed E-state index contributed by atoms with van der Waals surface area (Å²) in [5, 5.41) is 23.3. The smallest absolute Gasteiger partial charge is 0.309 e. The number of pyridine rings is 2. The molecule has 7 nitrogen and oxygen atoms in total. The van der Waals surface area contributed by atoms with Crippen molar-refractivity contribution in [2.24, 2.45) is 5.41 Å². The van der Waals surface area contributed by atoms with Gasteiger partial charge in [0.1, 0.15) is 5.75 Å². The minimum absolute atomic E-state index is 0.303. The van der Waals surface area contributed by atoms with Crippen LogP contribution < -0.4 is 4.74 Å². The normalized spacial score (nSPS) is 16.8. The van der Waals surface area contributed by atoms with Gasteiger partial charge in [0.2, 0.25) is 0 Å². The number of hydrogen-bond donors (Lipinski definition) is 2. The highest BCUT2D eigenvalue weighted by atomic mass is 35.5. The minimum atomic E-state index is -0.899. The van der Waals surface area contributed by atoms with Gasteiger partial charge in [-0.25, -0.2) is 4.98 Å². The lowest BCUT2D eigenvalue weighted by Gasteiger charge is -2.39. The molecule has 2 N–H and O–H groups in total. The molecule has 3 aromatic rings. The van der Waals surface area contributed by atoms with Crippen LogP contribution in [0.2, 0.25) is 5.02 Å². The van der Waals surface area contributed by atoms with Crippen LogP contribution in [0.15, 0.2) is 53.8 Å². The van der Waals surface area contributed by atoms with Gasteiger partial charge >= 0.3 is 5.97 Å². The number of piperidine rings is 1. The number of carboxylic acid groups (broad SMARTS) is 1. The number of thioether (sulfide) groups is 1. The summed E-state index contributed by atoms with van der Waals surface area (Å²) in [4.78, 5) is 23.3. The molecule has 1 fully saturated rings. The lowest BCUT2D eigenvalue weighted by molar-refractivity contribution is -0.153. The number of aliphatic carboxylic acids is 1. The van der Waals surface area contributed by atoms with E-state index in [1.54, 1.807) is 31.1 Å². The zero-order valence-corrected chi connectivity index (χ0v) is 21.3. The Hall–Kier alpha value is -2.39. The largest absolute Gasteiger partial charge is 0.497 e. The summed E-state index contributed by atoms with van der Waals surface area (Å²) in [6, 6.07) is 11.3. The van der Waals surface area contributed by atoms with E-state index in [9.17, 15) is 15.0 Å². The monoisotopic (exact) mass is 515 g/mol. The number of halogens is 1. The standard InChI is InChI=1S/C26H30ClN3O4S/c1-34-18-5-6-21-19(16-18)24(20(27)17-29-21)22(31)7-8-26(25(32)33)9-12-30(13-10-26)14-15-35-23-4-2-3-11-28-23/h2-6,11,16-17,22,31H,7-10,12-15H2,1H3,(H,32,33). The number of fused-ring (bicyclic) bond motifs is 1. The van der Waals surface area contributed by atoms with E-state index in [4.69, 9.17) is 16.3 Å². The number of nitrogens with zero attached hydrogens (tertiary/aromatic N) is 3. The number of aromatic nitrogens is 2. The average Bonchev–Trinajstić information content (AvgIpc) is 2.88. The molecule has 9 heteroatoms. The quantitative estimate of drug-likeness (QED) is 0.361. The van der Waals surface area contributed by atoms with Gasteiger partial charge in [0.15, 0.2) is 0 Å². The predicted molar refractivity (Wildman–Crippen MR) is 138 cm³/mol. The van der Waals surface area contributed by atoms with Crippen LogP contribution in [0.25, 0.3) is 10.9 Å². The van der Waals surface area contributed by atoms with Crippen molar-refractivity contribution in [2.45, 2.75) is 36.8 Å². The Bertz CT molecular complexity index is 1160. The van der Waals surface area contributed by atoms with Crippen LogP contribution in [-0.4, -0.2) is 63.5 Å². The number of hydrogen-bond acceptors (Lipinski definition) is 7. The van der Waals surface area contributed by atoms with E-state index in [0.29, 0.717) is 52.9 Å². The van der Waals surface area contributed by atoms with Crippen LogP contribution in [0.4, 0.5) is 0 Å². The van der Waals surface area contributed by atoms with Gasteiger partial charge in [-0.3, -0.25) is 9.78 Å². The molecule has 1 unspecified atom stereocenters. The molecule has 35 heavy (non-hydrogen) atoms. The Kier molecular flexibility index (Phi) is 8.49. The fraction of sp³-hybridized carbons (Fsp3) is 0.423. The lowest BCUT2D eigenvalue weighted by atomic mass is 9.74. The number of benzene rings is 1. The Balaban J connectivity index is 1.38. The van der Waals surface area contributed by atoms with Gasteiger partial charge in [0.05, 0.1) is 34.2 Å². The van der Waals surface area contributed by atoms with Gasteiger partial charge in [-0.2, -0.15) is 0 Å². The first kappa shape index (κ1) is 25.7. The molecule has 0 amide bonds. The van der Waals surface area contributed by atoms with E-state index < -0.39 is 17.5 Å². The topological polar surface area (TPSA) is 95.8 Å². The van der Waals surface area contributed by atoms with Crippen molar-refractivity contribution in [3.63, 3.8) is 0 Å². The van der Waals surface area contributed by atoms with Crippen LogP contribution in [0.3, 0.4) is 0 Å². The maximum atomic E-state index is 12.3. The van der Waals surface area contributed by atoms with E-state index in [-0.39, 0.29) is 0 Å². The number of aliphatic hydroxyl groups is 1. The Morgan fingerprint density at radius 1 is 1.26 bits per heavy atom. The van der Waals surface area contributed by atoms with E-state index in [1.165, 1.54) is 6.20 Å². The van der Waals surface area contributed by atoms with E-state index in [1.807, 2.05) is 30.3 Å². The third kappa shape index (κ3) is 6.06. The number of aliphatic hydroxyl groups excluding tert-OH is 1. The fourth-order valence-corrected chi connectivity index (χ4v) is 5.82. The van der Waals surface area contributed by atoms with Crippen molar-refractivity contribution >= 4 is 40.2 Å². The third-order valence-electron chi connectivity index (χ3n) is 6.86. The number of ether oxygens (including phenoxy) is 1. The van der Waals surface area contributed by atoms with Crippen molar-refractivity contribution in [1.29, 1.82) is 0 Å². The maximum absolute atomic E-state index is 12.3. The average molecular weight is 516 g/mol. The Morgan fingerprint density at radius 3 is 2.74 bits per heavy atom. The summed E-state index contributed by atoms with van der Waals surface area (Å²) < 4.78 is 5.32. The third-order valence-corrected chi connectivity index (χ3v) is 8.08. The molecule has 1 aliphatic rings. The second-order valence-electron chi connectivity index (χ2n) is 8.90. The highest BCUT2D eigenvalue weighted by molar-refractivity contribution is 7.99. The molecule has 0 saturated carbocycles. The number of carboxylic acids is 1. The van der Waals surface area contributed by atoms with Crippen LogP contribution in [0.1, 0.15) is 37.4 Å². The molecular weight excluding hydrogens is 486 g/mol. The number of methoxy groups -OCH3 is 1. The minimum Gasteiger partial charge on any atom is -0.497 e. The highest BCUT2D eigenvalue weighted by Crippen LogP contribution is 2.41. The molecule has 1 aliphatic heterocycles. The first-order valence-corrected chi connectivity index (χ1v) is 13.1. The summed E-state index contributed by atoms with van der Waals surface area (Å²) in [7, 11) is 1.58. The second-order valence-corrected chi connectivity index (χ2v) is 10.4. The van der Waals surface area contributed by atoms with Crippen LogP contribution in [0.5, 0.6) is 5.75 Å². The molecule has 186 valence electrons. The Labute approximate surface area is 214 Å². The Morgan fingerprint density at radius 2 is 2.06 bits per heavy atom. The van der Waals surface area contributed by atoms with Gasteiger partial charge in [-0.1, -0.05) is 17.7 Å². The SMILES string of the molecule is COc1ccc2ncc(Cl)c(C(O)CCC3(C(=O)O)CCN(CCSc4ccccn4)CC3)c2c1. The van der Waals surface area contributed by atoms with Crippen molar-refractivity contribution in [3.8, 4) is 5.75 Å². The molecule has 0 radical (unpaired) electrons. The van der Waals surface area contributed by atoms with Gasteiger partial charge in [-0.15, -0.1) is 11.8 Å². The van der Waals surface area contributed by atoms with Gasteiger partial charge in [0.25, 0.3) is 0 Å². The van der Waals surface area contributed by atoms with Gasteiger partial charge < -0.3 is 19.8 Å². The van der Waals surface area contributed by atoms with Crippen LogP contribution in [0, 0.1) is 5.41 Å². The highest BCUT2D eigenvalue weighted by Gasteiger charge is 2.41. The van der Waals surface area contributed by atoms with E-state index in [2.05, 4.69) is 14.9 Å². The molecule has 1 atom stereocenters. The zero-order valence-electron chi connectivity index (χ0n) is 19.7. The summed E-state index contributed by atoms with van der Waals surface area (Å²) in [6.07, 6.45) is 4.22. The molecule has 0 bridgehead atoms. The summed E-state index contributed by atoms with van der Waals surface area (Å²) in [5.41, 5.74) is 0.424. The van der Waals surface area contributed by atoms with Crippen molar-refractivity contribution < 1.29 is 19.7 Å². The molecule has 0 aliphatic carbocycles. The van der Waals surface area contributed by atoms with Crippen molar-refractivity contribution in [1.82, 2.24) is 14.9 Å². The summed E-state index contributed by atoms with van der Waals surface area (Å²) in [6.45, 7) is 2.34. The van der Waals surface area contributed by atoms with Crippen LogP contribution in [-0.2, 0) is 4.79 Å². The zero-order chi connectivity index (χ0) is 24.8. The molecule has 1 aromatic carbocycles. The predicted octanol–water partition coefficient (Wildman–Crippen LogP) is 5.06. The van der Waals surface area contributed by atoms with Crippen molar-refractivity contribution in [2.75, 3.05) is 32.5 Å². The molecule has 4 rings (SSSR count). The summed E-state index contributed by atoms with van der Waals surface area (Å²) >= 11 is 8.14. The summed E-state index contributed by atoms with van der Waals surface area (Å²) in [5.74, 6) is 0.762. The first-order chi connectivity index (χ1) is 16.9. The van der Waals surface area contributed by atoms with Crippen LogP contribution >= 0.6 is 23.4 Å². The van der Waals surface area contributed by atoms with E-state index in [0.717, 1.165) is 30.4 Å². The molecule has 0 spiro atoms.